The van der Waals surface area contributed by atoms with Crippen molar-refractivity contribution < 1.29 is 9.31 Å². The second kappa shape index (κ2) is 6.54. The Labute approximate surface area is 126 Å². The largest absolute Gasteiger partial charge is 0.377 e. The smallest absolute Gasteiger partial charge is 0.271 e. The molecule has 0 radical (unpaired) electrons. The number of nitrogens with zero attached hydrogens (tertiary/aromatic N) is 1. The van der Waals surface area contributed by atoms with E-state index >= 15 is 0 Å². The van der Waals surface area contributed by atoms with E-state index in [0.29, 0.717) is 22.7 Å². The van der Waals surface area contributed by atoms with E-state index in [9.17, 15) is 14.5 Å². The molecule has 0 bridgehead atoms. The fourth-order valence-corrected chi connectivity index (χ4v) is 2.25. The predicted molar refractivity (Wildman–Crippen MR) is 81.2 cm³/mol. The Bertz CT molecular complexity index is 664. The quantitative estimate of drug-likeness (QED) is 0.628. The molecule has 21 heavy (non-hydrogen) atoms. The van der Waals surface area contributed by atoms with Crippen LogP contribution in [0.3, 0.4) is 0 Å². The summed E-state index contributed by atoms with van der Waals surface area (Å²) in [5, 5.41) is 14.2. The maximum atomic E-state index is 13.9. The first kappa shape index (κ1) is 15.3. The molecule has 0 saturated heterocycles. The molecule has 4 nitrogen and oxygen atoms in total. The highest BCUT2D eigenvalue weighted by Crippen LogP contribution is 2.31. The fraction of sp³-hybridized carbons (Fsp3) is 0.200. The molecule has 0 spiro atoms. The summed E-state index contributed by atoms with van der Waals surface area (Å²) in [6, 6.07) is 10.3. The third-order valence-corrected chi connectivity index (χ3v) is 3.51. The zero-order valence-corrected chi connectivity index (χ0v) is 12.1. The Hall–Kier alpha value is -2.14. The number of rotatable bonds is 5. The molecule has 0 aliphatic rings. The Balaban J connectivity index is 2.33. The van der Waals surface area contributed by atoms with Gasteiger partial charge >= 0.3 is 0 Å². The molecule has 6 heteroatoms. The molecule has 110 valence electrons. The third kappa shape index (κ3) is 3.49. The molecule has 0 saturated carbocycles. The molecule has 1 unspecified atom stereocenters. The lowest BCUT2D eigenvalue weighted by atomic mass is 10.0. The number of nitrogens with one attached hydrogen (secondary N) is 1. The summed E-state index contributed by atoms with van der Waals surface area (Å²) in [7, 11) is 0. The molecular formula is C15H14ClFN2O2. The third-order valence-electron chi connectivity index (χ3n) is 3.18. The normalized spacial score (nSPS) is 12.0. The van der Waals surface area contributed by atoms with Gasteiger partial charge in [-0.3, -0.25) is 10.1 Å². The van der Waals surface area contributed by atoms with Crippen LogP contribution in [0.1, 0.15) is 24.9 Å². The number of nitro benzene ring substituents is 1. The second-order valence-corrected chi connectivity index (χ2v) is 4.96. The van der Waals surface area contributed by atoms with Crippen molar-refractivity contribution in [1.29, 1.82) is 0 Å². The van der Waals surface area contributed by atoms with Gasteiger partial charge in [-0.25, -0.2) is 4.39 Å². The molecule has 0 amide bonds. The van der Waals surface area contributed by atoms with Crippen LogP contribution in [-0.2, 0) is 0 Å². The molecule has 2 rings (SSSR count). The summed E-state index contributed by atoms with van der Waals surface area (Å²) in [4.78, 5) is 10.3. The molecular weight excluding hydrogens is 295 g/mol. The van der Waals surface area contributed by atoms with Gasteiger partial charge in [-0.15, -0.1) is 0 Å². The van der Waals surface area contributed by atoms with E-state index in [-0.39, 0.29) is 17.5 Å². The van der Waals surface area contributed by atoms with Crippen LogP contribution in [0.4, 0.5) is 15.8 Å². The van der Waals surface area contributed by atoms with Crippen molar-refractivity contribution >= 4 is 23.0 Å². The molecule has 0 fully saturated rings. The first-order valence-electron chi connectivity index (χ1n) is 6.47. The SMILES string of the molecule is CCC(Nc1cc([N+](=O)[O-])ccc1Cl)c1ccccc1F. The van der Waals surface area contributed by atoms with Gasteiger partial charge in [0.2, 0.25) is 0 Å². The van der Waals surface area contributed by atoms with Gasteiger partial charge in [0.15, 0.2) is 0 Å². The van der Waals surface area contributed by atoms with Crippen LogP contribution in [-0.4, -0.2) is 4.92 Å². The number of halogens is 2. The van der Waals surface area contributed by atoms with E-state index in [2.05, 4.69) is 5.32 Å². The van der Waals surface area contributed by atoms with Crippen LogP contribution < -0.4 is 5.32 Å². The second-order valence-electron chi connectivity index (χ2n) is 4.55. The summed E-state index contributed by atoms with van der Waals surface area (Å²) in [5.41, 5.74) is 0.855. The highest BCUT2D eigenvalue weighted by Gasteiger charge is 2.16. The lowest BCUT2D eigenvalue weighted by Gasteiger charge is -2.20. The number of non-ortho nitro benzene ring substituents is 1. The summed E-state index contributed by atoms with van der Waals surface area (Å²) in [6.07, 6.45) is 0.611. The van der Waals surface area contributed by atoms with E-state index < -0.39 is 4.92 Å². The minimum atomic E-state index is -0.494. The van der Waals surface area contributed by atoms with Crippen molar-refractivity contribution in [2.75, 3.05) is 5.32 Å². The average Bonchev–Trinajstić information content (AvgIpc) is 2.47. The average molecular weight is 309 g/mol. The molecule has 0 aliphatic carbocycles. The van der Waals surface area contributed by atoms with Crippen LogP contribution in [0, 0.1) is 15.9 Å². The van der Waals surface area contributed by atoms with Crippen molar-refractivity contribution in [3.63, 3.8) is 0 Å². The molecule has 2 aromatic rings. The highest BCUT2D eigenvalue weighted by molar-refractivity contribution is 6.33. The van der Waals surface area contributed by atoms with E-state index in [4.69, 9.17) is 11.6 Å². The Morgan fingerprint density at radius 1 is 1.33 bits per heavy atom. The van der Waals surface area contributed by atoms with Crippen LogP contribution in [0.5, 0.6) is 0 Å². The Morgan fingerprint density at radius 2 is 2.05 bits per heavy atom. The van der Waals surface area contributed by atoms with Crippen LogP contribution >= 0.6 is 11.6 Å². The maximum absolute atomic E-state index is 13.9. The number of hydrogen-bond acceptors (Lipinski definition) is 3. The molecule has 1 N–H and O–H groups in total. The number of hydrogen-bond donors (Lipinski definition) is 1. The lowest BCUT2D eigenvalue weighted by molar-refractivity contribution is -0.384. The first-order valence-corrected chi connectivity index (χ1v) is 6.85. The standard InChI is InChI=1S/C15H14ClFN2O2/c1-2-14(11-5-3-4-6-13(11)17)18-15-9-10(19(20)21)7-8-12(15)16/h3-9,14,18H,2H2,1H3. The zero-order chi connectivity index (χ0) is 15.4. The van der Waals surface area contributed by atoms with Crippen molar-refractivity contribution in [2.24, 2.45) is 0 Å². The summed E-state index contributed by atoms with van der Waals surface area (Å²) in [5.74, 6) is -0.321. The molecule has 1 atom stereocenters. The monoisotopic (exact) mass is 308 g/mol. The van der Waals surface area contributed by atoms with Crippen LogP contribution in [0.2, 0.25) is 5.02 Å². The molecule has 0 aromatic heterocycles. The molecule has 2 aromatic carbocycles. The van der Waals surface area contributed by atoms with Gasteiger partial charge in [-0.2, -0.15) is 0 Å². The minimum absolute atomic E-state index is 0.0645. The minimum Gasteiger partial charge on any atom is -0.377 e. The molecule has 0 heterocycles. The van der Waals surface area contributed by atoms with E-state index in [0.717, 1.165) is 0 Å². The van der Waals surface area contributed by atoms with E-state index in [1.807, 2.05) is 6.92 Å². The van der Waals surface area contributed by atoms with Crippen LogP contribution in [0.15, 0.2) is 42.5 Å². The Morgan fingerprint density at radius 3 is 2.67 bits per heavy atom. The lowest BCUT2D eigenvalue weighted by Crippen LogP contribution is -2.12. The van der Waals surface area contributed by atoms with Gasteiger partial charge in [0.1, 0.15) is 5.82 Å². The van der Waals surface area contributed by atoms with Gasteiger partial charge in [0.25, 0.3) is 5.69 Å². The first-order chi connectivity index (χ1) is 10.0. The van der Waals surface area contributed by atoms with Crippen molar-refractivity contribution in [2.45, 2.75) is 19.4 Å². The van der Waals surface area contributed by atoms with E-state index in [1.165, 1.54) is 24.3 Å². The van der Waals surface area contributed by atoms with Crippen LogP contribution in [0.25, 0.3) is 0 Å². The Kier molecular flexibility index (Phi) is 4.75. The zero-order valence-electron chi connectivity index (χ0n) is 11.3. The van der Waals surface area contributed by atoms with Crippen molar-refractivity contribution in [3.05, 3.63) is 69.0 Å². The van der Waals surface area contributed by atoms with Gasteiger partial charge < -0.3 is 5.32 Å². The van der Waals surface area contributed by atoms with E-state index in [1.54, 1.807) is 18.2 Å². The van der Waals surface area contributed by atoms with Gasteiger partial charge in [0.05, 0.1) is 21.7 Å². The van der Waals surface area contributed by atoms with Gasteiger partial charge in [0, 0.05) is 17.7 Å². The number of anilines is 1. The van der Waals surface area contributed by atoms with Gasteiger partial charge in [-0.05, 0) is 18.6 Å². The number of nitro groups is 1. The van der Waals surface area contributed by atoms with Gasteiger partial charge in [-0.1, -0.05) is 36.7 Å². The number of benzene rings is 2. The summed E-state index contributed by atoms with van der Waals surface area (Å²) in [6.45, 7) is 1.90. The summed E-state index contributed by atoms with van der Waals surface area (Å²) >= 11 is 6.05. The molecule has 0 aliphatic heterocycles. The van der Waals surface area contributed by atoms with Crippen molar-refractivity contribution in [1.82, 2.24) is 0 Å². The fourth-order valence-electron chi connectivity index (χ4n) is 2.08. The maximum Gasteiger partial charge on any atom is 0.271 e. The topological polar surface area (TPSA) is 55.2 Å². The summed E-state index contributed by atoms with van der Waals surface area (Å²) < 4.78 is 13.9. The van der Waals surface area contributed by atoms with Crippen molar-refractivity contribution in [3.8, 4) is 0 Å². The highest BCUT2D eigenvalue weighted by atomic mass is 35.5. The predicted octanol–water partition coefficient (Wildman–Crippen LogP) is 4.95.